The van der Waals surface area contributed by atoms with Gasteiger partial charge >= 0.3 is 5.97 Å². The van der Waals surface area contributed by atoms with Gasteiger partial charge in [-0.25, -0.2) is 0 Å². The molecule has 20 heavy (non-hydrogen) atoms. The molecule has 1 fully saturated rings. The predicted octanol–water partition coefficient (Wildman–Crippen LogP) is 3.26. The molecule has 1 unspecified atom stereocenters. The molecule has 1 aromatic rings. The molecule has 1 aliphatic rings. The SMILES string of the molecule is CC(=O)OC(C)C1(c2cccc(Cl)c2)CCN(C)CC1. The number of rotatable bonds is 3. The normalized spacial score (nSPS) is 20.4. The van der Waals surface area contributed by atoms with Crippen LogP contribution >= 0.6 is 11.6 Å². The summed E-state index contributed by atoms with van der Waals surface area (Å²) in [4.78, 5) is 13.7. The molecule has 0 N–H and O–H groups in total. The number of nitrogens with zero attached hydrogens (tertiary/aromatic N) is 1. The lowest BCUT2D eigenvalue weighted by molar-refractivity contribution is -0.150. The first kappa shape index (κ1) is 15.3. The van der Waals surface area contributed by atoms with Crippen molar-refractivity contribution in [3.63, 3.8) is 0 Å². The molecule has 0 radical (unpaired) electrons. The molecular formula is C16H22ClNO2. The van der Waals surface area contributed by atoms with E-state index in [1.807, 2.05) is 25.1 Å². The standard InChI is InChI=1S/C16H22ClNO2/c1-12(20-13(2)19)16(7-9-18(3)10-8-16)14-5-4-6-15(17)11-14/h4-6,11-12H,7-10H2,1-3H3. The van der Waals surface area contributed by atoms with Gasteiger partial charge in [-0.1, -0.05) is 23.7 Å². The maximum atomic E-state index is 11.3. The highest BCUT2D eigenvalue weighted by molar-refractivity contribution is 6.30. The van der Waals surface area contributed by atoms with Crippen molar-refractivity contribution in [2.24, 2.45) is 0 Å². The van der Waals surface area contributed by atoms with E-state index in [-0.39, 0.29) is 17.5 Å². The molecule has 0 aliphatic carbocycles. The molecule has 0 aromatic heterocycles. The number of halogens is 1. The van der Waals surface area contributed by atoms with Crippen LogP contribution in [-0.2, 0) is 14.9 Å². The van der Waals surface area contributed by atoms with E-state index in [1.165, 1.54) is 12.5 Å². The molecule has 1 aromatic carbocycles. The van der Waals surface area contributed by atoms with Crippen LogP contribution in [0.1, 0.15) is 32.3 Å². The lowest BCUT2D eigenvalue weighted by Crippen LogP contribution is -2.48. The minimum Gasteiger partial charge on any atom is -0.462 e. The summed E-state index contributed by atoms with van der Waals surface area (Å²) in [5.74, 6) is -0.224. The summed E-state index contributed by atoms with van der Waals surface area (Å²) in [6.45, 7) is 5.46. The van der Waals surface area contributed by atoms with Crippen LogP contribution < -0.4 is 0 Å². The Morgan fingerprint density at radius 1 is 1.40 bits per heavy atom. The fourth-order valence-electron chi connectivity index (χ4n) is 3.11. The maximum Gasteiger partial charge on any atom is 0.302 e. The summed E-state index contributed by atoms with van der Waals surface area (Å²) >= 11 is 6.15. The minimum atomic E-state index is -0.224. The molecule has 3 nitrogen and oxygen atoms in total. The molecule has 1 saturated heterocycles. The topological polar surface area (TPSA) is 29.5 Å². The predicted molar refractivity (Wildman–Crippen MR) is 81.1 cm³/mol. The third kappa shape index (κ3) is 3.15. The molecule has 0 amide bonds. The van der Waals surface area contributed by atoms with Crippen LogP contribution in [0, 0.1) is 0 Å². The third-order valence-electron chi connectivity index (χ3n) is 4.40. The number of hydrogen-bond donors (Lipinski definition) is 0. The van der Waals surface area contributed by atoms with Crippen LogP contribution in [0.2, 0.25) is 5.02 Å². The lowest BCUT2D eigenvalue weighted by Gasteiger charge is -2.44. The highest BCUT2D eigenvalue weighted by Gasteiger charge is 2.42. The van der Waals surface area contributed by atoms with Gasteiger partial charge in [0.25, 0.3) is 0 Å². The number of esters is 1. The molecule has 1 aliphatic heterocycles. The summed E-state index contributed by atoms with van der Waals surface area (Å²) in [6.07, 6.45) is 1.79. The summed E-state index contributed by atoms with van der Waals surface area (Å²) in [6, 6.07) is 7.95. The Bertz CT molecular complexity index is 481. The average molecular weight is 296 g/mol. The Labute approximate surface area is 125 Å². The Morgan fingerprint density at radius 2 is 2.05 bits per heavy atom. The van der Waals surface area contributed by atoms with Gasteiger partial charge in [0.2, 0.25) is 0 Å². The molecule has 1 atom stereocenters. The van der Waals surface area contributed by atoms with Gasteiger partial charge in [-0.15, -0.1) is 0 Å². The molecule has 1 heterocycles. The van der Waals surface area contributed by atoms with Gasteiger partial charge in [0, 0.05) is 17.4 Å². The van der Waals surface area contributed by atoms with E-state index < -0.39 is 0 Å². The van der Waals surface area contributed by atoms with Gasteiger partial charge in [0.05, 0.1) is 0 Å². The van der Waals surface area contributed by atoms with E-state index >= 15 is 0 Å². The number of ether oxygens (including phenoxy) is 1. The Balaban J connectivity index is 2.36. The molecule has 2 rings (SSSR count). The largest absolute Gasteiger partial charge is 0.462 e. The van der Waals surface area contributed by atoms with E-state index in [4.69, 9.17) is 16.3 Å². The molecule has 0 bridgehead atoms. The zero-order valence-corrected chi connectivity index (χ0v) is 13.1. The first-order valence-electron chi connectivity index (χ1n) is 7.06. The van der Waals surface area contributed by atoms with Crippen LogP contribution in [-0.4, -0.2) is 37.1 Å². The number of hydrogen-bond acceptors (Lipinski definition) is 3. The van der Waals surface area contributed by atoms with Gasteiger partial charge in [-0.05, 0) is 57.6 Å². The van der Waals surface area contributed by atoms with E-state index in [0.717, 1.165) is 31.0 Å². The number of carbonyl (C=O) groups is 1. The minimum absolute atomic E-state index is 0.136. The van der Waals surface area contributed by atoms with Crippen molar-refractivity contribution in [2.75, 3.05) is 20.1 Å². The quantitative estimate of drug-likeness (QED) is 0.802. The lowest BCUT2D eigenvalue weighted by atomic mass is 9.69. The second kappa shape index (κ2) is 6.15. The van der Waals surface area contributed by atoms with Crippen LogP contribution in [0.4, 0.5) is 0 Å². The van der Waals surface area contributed by atoms with Crippen molar-refractivity contribution >= 4 is 17.6 Å². The average Bonchev–Trinajstić information content (AvgIpc) is 2.39. The van der Waals surface area contributed by atoms with Gasteiger partial charge < -0.3 is 9.64 Å². The van der Waals surface area contributed by atoms with Gasteiger partial charge in [-0.3, -0.25) is 4.79 Å². The smallest absolute Gasteiger partial charge is 0.302 e. The Kier molecular flexibility index (Phi) is 4.71. The van der Waals surface area contributed by atoms with Crippen LogP contribution in [0.15, 0.2) is 24.3 Å². The molecule has 110 valence electrons. The Morgan fingerprint density at radius 3 is 2.60 bits per heavy atom. The summed E-state index contributed by atoms with van der Waals surface area (Å²) in [7, 11) is 2.12. The fraction of sp³-hybridized carbons (Fsp3) is 0.562. The van der Waals surface area contributed by atoms with Crippen molar-refractivity contribution in [3.8, 4) is 0 Å². The maximum absolute atomic E-state index is 11.3. The zero-order valence-electron chi connectivity index (χ0n) is 12.4. The van der Waals surface area contributed by atoms with E-state index in [9.17, 15) is 4.79 Å². The molecule has 0 spiro atoms. The van der Waals surface area contributed by atoms with Crippen molar-refractivity contribution in [1.82, 2.24) is 4.90 Å². The van der Waals surface area contributed by atoms with E-state index in [0.29, 0.717) is 0 Å². The number of benzene rings is 1. The summed E-state index contributed by atoms with van der Waals surface area (Å²) < 4.78 is 5.52. The van der Waals surface area contributed by atoms with E-state index in [1.54, 1.807) is 0 Å². The molecule has 0 saturated carbocycles. The number of likely N-dealkylation sites (tertiary alicyclic amines) is 1. The third-order valence-corrected chi connectivity index (χ3v) is 4.63. The highest BCUT2D eigenvalue weighted by atomic mass is 35.5. The number of piperidine rings is 1. The summed E-state index contributed by atoms with van der Waals surface area (Å²) in [5, 5.41) is 0.732. The van der Waals surface area contributed by atoms with Crippen molar-refractivity contribution in [3.05, 3.63) is 34.9 Å². The monoisotopic (exact) mass is 295 g/mol. The van der Waals surface area contributed by atoms with Crippen LogP contribution in [0.5, 0.6) is 0 Å². The van der Waals surface area contributed by atoms with E-state index in [2.05, 4.69) is 18.0 Å². The highest BCUT2D eigenvalue weighted by Crippen LogP contribution is 2.40. The van der Waals surface area contributed by atoms with Crippen LogP contribution in [0.25, 0.3) is 0 Å². The summed E-state index contributed by atoms with van der Waals surface area (Å²) in [5.41, 5.74) is 1.04. The Hall–Kier alpha value is -1.06. The van der Waals surface area contributed by atoms with Gasteiger partial charge in [-0.2, -0.15) is 0 Å². The van der Waals surface area contributed by atoms with Crippen molar-refractivity contribution in [2.45, 2.75) is 38.2 Å². The first-order chi connectivity index (χ1) is 9.44. The second-order valence-electron chi connectivity index (χ2n) is 5.72. The second-order valence-corrected chi connectivity index (χ2v) is 6.16. The fourth-order valence-corrected chi connectivity index (χ4v) is 3.30. The van der Waals surface area contributed by atoms with Crippen LogP contribution in [0.3, 0.4) is 0 Å². The van der Waals surface area contributed by atoms with Gasteiger partial charge in [0.15, 0.2) is 0 Å². The van der Waals surface area contributed by atoms with Gasteiger partial charge in [0.1, 0.15) is 6.10 Å². The van der Waals surface area contributed by atoms with Crippen molar-refractivity contribution in [1.29, 1.82) is 0 Å². The molecule has 4 heteroatoms. The number of carbonyl (C=O) groups excluding carboxylic acids is 1. The first-order valence-corrected chi connectivity index (χ1v) is 7.44. The van der Waals surface area contributed by atoms with Crippen molar-refractivity contribution < 1.29 is 9.53 Å². The zero-order chi connectivity index (χ0) is 14.8. The molecular weight excluding hydrogens is 274 g/mol.